The molecule has 1 aromatic carbocycles. The van der Waals surface area contributed by atoms with E-state index in [9.17, 15) is 27.5 Å². The summed E-state index contributed by atoms with van der Waals surface area (Å²) < 4.78 is 57.1. The van der Waals surface area contributed by atoms with Crippen LogP contribution in [-0.2, 0) is 12.1 Å². The van der Waals surface area contributed by atoms with Crippen LogP contribution in [0.3, 0.4) is 0 Å². The molecule has 2 aromatic rings. The molecule has 152 valence electrons. The van der Waals surface area contributed by atoms with Gasteiger partial charge in [-0.3, -0.25) is 4.79 Å². The summed E-state index contributed by atoms with van der Waals surface area (Å²) in [5, 5.41) is 16.1. The Morgan fingerprint density at radius 3 is 2.71 bits per heavy atom. The predicted molar refractivity (Wildman–Crippen MR) is 92.2 cm³/mol. The van der Waals surface area contributed by atoms with Crippen LogP contribution in [0.1, 0.15) is 47.3 Å². The van der Waals surface area contributed by atoms with Crippen LogP contribution in [-0.4, -0.2) is 28.3 Å². The number of nitrogens with one attached hydrogen (secondary N) is 1. The van der Waals surface area contributed by atoms with Crippen LogP contribution in [0.4, 0.5) is 17.6 Å². The maximum atomic E-state index is 13.9. The number of hydrogen-bond donors (Lipinski definition) is 2. The average Bonchev–Trinajstić information content (AvgIpc) is 3.04. The van der Waals surface area contributed by atoms with Crippen molar-refractivity contribution in [2.24, 2.45) is 0 Å². The third kappa shape index (κ3) is 4.30. The third-order valence-corrected chi connectivity index (χ3v) is 4.92. The van der Waals surface area contributed by atoms with Gasteiger partial charge in [-0.15, -0.1) is 11.6 Å². The molecule has 1 amide bonds. The van der Waals surface area contributed by atoms with Gasteiger partial charge < -0.3 is 14.9 Å². The molecule has 0 saturated heterocycles. The summed E-state index contributed by atoms with van der Waals surface area (Å²) in [7, 11) is 0. The number of benzene rings is 1. The summed E-state index contributed by atoms with van der Waals surface area (Å²) >= 11 is 5.89. The van der Waals surface area contributed by atoms with Crippen LogP contribution < -0.4 is 5.32 Å². The molecule has 1 saturated carbocycles. The topological polar surface area (TPSA) is 75.4 Å². The van der Waals surface area contributed by atoms with Gasteiger partial charge in [-0.2, -0.15) is 13.2 Å². The molecule has 1 fully saturated rings. The quantitative estimate of drug-likeness (QED) is 0.572. The second-order valence-corrected chi connectivity index (χ2v) is 6.92. The molecule has 1 aliphatic rings. The Bertz CT molecular complexity index is 869. The van der Waals surface area contributed by atoms with Gasteiger partial charge in [0, 0.05) is 17.2 Å². The van der Waals surface area contributed by atoms with Gasteiger partial charge in [0.05, 0.1) is 17.5 Å². The molecule has 0 spiro atoms. The second kappa shape index (κ2) is 8.08. The van der Waals surface area contributed by atoms with E-state index < -0.39 is 29.6 Å². The Morgan fingerprint density at radius 1 is 1.36 bits per heavy atom. The zero-order valence-electron chi connectivity index (χ0n) is 14.5. The van der Waals surface area contributed by atoms with Crippen molar-refractivity contribution in [1.82, 2.24) is 10.5 Å². The number of rotatable bonds is 4. The monoisotopic (exact) mass is 420 g/mol. The van der Waals surface area contributed by atoms with Crippen LogP contribution in [0, 0.1) is 5.82 Å². The first-order valence-corrected chi connectivity index (χ1v) is 9.14. The van der Waals surface area contributed by atoms with E-state index in [0.29, 0.717) is 31.4 Å². The molecular formula is C18H17ClF4N2O3. The SMILES string of the molecule is O=C(N[C@H]1CCC[C@@H](O)C1)c1noc(-c2ccc(C(F)(F)F)c(F)c2)c1CCl. The molecule has 1 aliphatic carbocycles. The van der Waals surface area contributed by atoms with Gasteiger partial charge in [-0.05, 0) is 37.8 Å². The Hall–Kier alpha value is -2.13. The fourth-order valence-electron chi connectivity index (χ4n) is 3.27. The molecule has 0 radical (unpaired) electrons. The minimum absolute atomic E-state index is 0.0132. The van der Waals surface area contributed by atoms with Gasteiger partial charge in [0.15, 0.2) is 11.5 Å². The Morgan fingerprint density at radius 2 is 2.11 bits per heavy atom. The number of hydrogen-bond acceptors (Lipinski definition) is 4. The number of alkyl halides is 4. The second-order valence-electron chi connectivity index (χ2n) is 6.66. The van der Waals surface area contributed by atoms with Crippen molar-refractivity contribution < 1.29 is 32.0 Å². The van der Waals surface area contributed by atoms with Crippen LogP contribution in [0.5, 0.6) is 0 Å². The van der Waals surface area contributed by atoms with Crippen molar-refractivity contribution in [2.75, 3.05) is 0 Å². The number of nitrogens with zero attached hydrogens (tertiary/aromatic N) is 1. The molecule has 3 rings (SSSR count). The molecular weight excluding hydrogens is 404 g/mol. The van der Waals surface area contributed by atoms with Crippen LogP contribution in [0.25, 0.3) is 11.3 Å². The molecule has 0 unspecified atom stereocenters. The lowest BCUT2D eigenvalue weighted by atomic mass is 9.93. The van der Waals surface area contributed by atoms with Crippen molar-refractivity contribution in [3.8, 4) is 11.3 Å². The number of aromatic nitrogens is 1. The highest BCUT2D eigenvalue weighted by Crippen LogP contribution is 2.35. The summed E-state index contributed by atoms with van der Waals surface area (Å²) in [6, 6.07) is 2.05. The lowest BCUT2D eigenvalue weighted by molar-refractivity contribution is -0.139. The molecule has 5 nitrogen and oxygen atoms in total. The first-order chi connectivity index (χ1) is 13.2. The number of aliphatic hydroxyl groups is 1. The van der Waals surface area contributed by atoms with E-state index >= 15 is 0 Å². The molecule has 10 heteroatoms. The first kappa shape index (κ1) is 20.6. The lowest BCUT2D eigenvalue weighted by Crippen LogP contribution is -2.40. The molecule has 28 heavy (non-hydrogen) atoms. The highest BCUT2D eigenvalue weighted by molar-refractivity contribution is 6.18. The molecule has 2 N–H and O–H groups in total. The van der Waals surface area contributed by atoms with Crippen LogP contribution >= 0.6 is 11.6 Å². The van der Waals surface area contributed by atoms with Crippen LogP contribution in [0.15, 0.2) is 22.7 Å². The summed E-state index contributed by atoms with van der Waals surface area (Å²) in [5.74, 6) is -2.32. The van der Waals surface area contributed by atoms with Gasteiger partial charge >= 0.3 is 6.18 Å². The number of carbonyl (C=O) groups is 1. The van der Waals surface area contributed by atoms with Crippen molar-refractivity contribution in [3.05, 3.63) is 40.8 Å². The Kier molecular flexibility index (Phi) is 5.95. The van der Waals surface area contributed by atoms with E-state index in [0.717, 1.165) is 12.5 Å². The Balaban J connectivity index is 1.86. The molecule has 1 heterocycles. The average molecular weight is 421 g/mol. The van der Waals surface area contributed by atoms with Gasteiger partial charge in [0.2, 0.25) is 0 Å². The first-order valence-electron chi connectivity index (χ1n) is 8.61. The fourth-order valence-corrected chi connectivity index (χ4v) is 3.52. The van der Waals surface area contributed by atoms with Crippen molar-refractivity contribution >= 4 is 17.5 Å². The van der Waals surface area contributed by atoms with Gasteiger partial charge in [-0.25, -0.2) is 4.39 Å². The van der Waals surface area contributed by atoms with Crippen LogP contribution in [0.2, 0.25) is 0 Å². The molecule has 1 aromatic heterocycles. The van der Waals surface area contributed by atoms with Gasteiger partial charge in [0.1, 0.15) is 5.82 Å². The number of amides is 1. The van der Waals surface area contributed by atoms with E-state index in [2.05, 4.69) is 10.5 Å². The van der Waals surface area contributed by atoms with Gasteiger partial charge in [0.25, 0.3) is 5.91 Å². The normalized spacial score (nSPS) is 20.2. The standard InChI is InChI=1S/C18H17ClF4N2O3/c19-8-12-15(17(27)24-10-2-1-3-11(26)7-10)25-28-16(12)9-4-5-13(14(20)6-9)18(21,22)23/h4-6,10-11,26H,1-3,7-8H2,(H,24,27)/t10-,11+/m0/s1. The van der Waals surface area contributed by atoms with E-state index in [4.69, 9.17) is 16.1 Å². The Labute approximate surface area is 162 Å². The highest BCUT2D eigenvalue weighted by Gasteiger charge is 2.34. The summed E-state index contributed by atoms with van der Waals surface area (Å²) in [6.07, 6.45) is -2.76. The lowest BCUT2D eigenvalue weighted by Gasteiger charge is -2.26. The maximum Gasteiger partial charge on any atom is 0.419 e. The van der Waals surface area contributed by atoms with Gasteiger partial charge in [-0.1, -0.05) is 11.2 Å². The summed E-state index contributed by atoms with van der Waals surface area (Å²) in [4.78, 5) is 12.5. The van der Waals surface area contributed by atoms with Crippen molar-refractivity contribution in [2.45, 2.75) is 49.9 Å². The third-order valence-electron chi connectivity index (χ3n) is 4.66. The van der Waals surface area contributed by atoms with Crippen molar-refractivity contribution in [1.29, 1.82) is 0 Å². The van der Waals surface area contributed by atoms with Crippen molar-refractivity contribution in [3.63, 3.8) is 0 Å². The maximum absolute atomic E-state index is 13.9. The smallest absolute Gasteiger partial charge is 0.393 e. The minimum Gasteiger partial charge on any atom is -0.393 e. The van der Waals surface area contributed by atoms with E-state index in [1.165, 1.54) is 0 Å². The largest absolute Gasteiger partial charge is 0.419 e. The molecule has 0 aliphatic heterocycles. The predicted octanol–water partition coefficient (Wildman–Crippen LogP) is 4.27. The molecule has 2 atom stereocenters. The zero-order chi connectivity index (χ0) is 20.5. The molecule has 0 bridgehead atoms. The fraction of sp³-hybridized carbons (Fsp3) is 0.444. The highest BCUT2D eigenvalue weighted by atomic mass is 35.5. The summed E-state index contributed by atoms with van der Waals surface area (Å²) in [6.45, 7) is 0. The summed E-state index contributed by atoms with van der Waals surface area (Å²) in [5.41, 5.74) is -1.39. The minimum atomic E-state index is -4.82. The van der Waals surface area contributed by atoms with E-state index in [1.807, 2.05) is 0 Å². The number of carbonyl (C=O) groups excluding carboxylic acids is 1. The van der Waals surface area contributed by atoms with E-state index in [1.54, 1.807) is 0 Å². The number of aliphatic hydroxyl groups excluding tert-OH is 1. The number of halogens is 5. The van der Waals surface area contributed by atoms with E-state index in [-0.39, 0.29) is 34.5 Å². The zero-order valence-corrected chi connectivity index (χ0v) is 15.3.